The molecule has 1 aromatic heterocycles. The lowest BCUT2D eigenvalue weighted by atomic mass is 10.1. The quantitative estimate of drug-likeness (QED) is 0.764. The van der Waals surface area contributed by atoms with Crippen LogP contribution in [0.2, 0.25) is 0 Å². The first-order valence-corrected chi connectivity index (χ1v) is 6.87. The molecule has 0 radical (unpaired) electrons. The maximum absolute atomic E-state index is 14.0. The first-order chi connectivity index (χ1) is 11.0. The van der Waals surface area contributed by atoms with E-state index >= 15 is 0 Å². The average molecular weight is 312 g/mol. The number of benzene rings is 2. The summed E-state index contributed by atoms with van der Waals surface area (Å²) >= 11 is 0. The van der Waals surface area contributed by atoms with Gasteiger partial charge in [0.15, 0.2) is 0 Å². The SMILES string of the molecule is Cn1c(=O)c(C(=O)Nc2ccccc2)c(O)c2c(F)cccc21. The number of fused-ring (bicyclic) bond motifs is 1. The second-order valence-electron chi connectivity index (χ2n) is 5.04. The normalized spacial score (nSPS) is 10.7. The number of para-hydroxylation sites is 1. The molecular weight excluding hydrogens is 299 g/mol. The molecular formula is C17H13FN2O3. The van der Waals surface area contributed by atoms with Gasteiger partial charge in [-0.2, -0.15) is 0 Å². The van der Waals surface area contributed by atoms with Crippen molar-refractivity contribution in [1.29, 1.82) is 0 Å². The number of halogens is 1. The van der Waals surface area contributed by atoms with Crippen molar-refractivity contribution in [1.82, 2.24) is 4.57 Å². The molecule has 2 N–H and O–H groups in total. The number of amides is 1. The highest BCUT2D eigenvalue weighted by molar-refractivity contribution is 6.09. The molecule has 0 bridgehead atoms. The molecule has 6 heteroatoms. The van der Waals surface area contributed by atoms with Crippen LogP contribution in [0.3, 0.4) is 0 Å². The van der Waals surface area contributed by atoms with Gasteiger partial charge in [0.1, 0.15) is 17.1 Å². The molecule has 0 saturated heterocycles. The second kappa shape index (κ2) is 5.57. The summed E-state index contributed by atoms with van der Waals surface area (Å²) in [6.07, 6.45) is 0. The third-order valence-electron chi connectivity index (χ3n) is 3.60. The Kier molecular flexibility index (Phi) is 3.57. The van der Waals surface area contributed by atoms with Gasteiger partial charge in [0.05, 0.1) is 10.9 Å². The van der Waals surface area contributed by atoms with E-state index in [2.05, 4.69) is 5.32 Å². The molecule has 0 aliphatic heterocycles. The number of anilines is 1. The van der Waals surface area contributed by atoms with Crippen molar-refractivity contribution < 1.29 is 14.3 Å². The lowest BCUT2D eigenvalue weighted by Gasteiger charge is -2.12. The van der Waals surface area contributed by atoms with E-state index in [1.54, 1.807) is 30.3 Å². The van der Waals surface area contributed by atoms with Crippen LogP contribution in [0.15, 0.2) is 53.3 Å². The molecule has 1 amide bonds. The van der Waals surface area contributed by atoms with Crippen molar-refractivity contribution in [3.05, 3.63) is 70.3 Å². The van der Waals surface area contributed by atoms with E-state index in [1.165, 1.54) is 19.2 Å². The van der Waals surface area contributed by atoms with Crippen molar-refractivity contribution in [3.63, 3.8) is 0 Å². The number of aromatic hydroxyl groups is 1. The summed E-state index contributed by atoms with van der Waals surface area (Å²) in [5, 5.41) is 12.6. The van der Waals surface area contributed by atoms with Gasteiger partial charge in [-0.3, -0.25) is 9.59 Å². The Bertz CT molecular complexity index is 965. The van der Waals surface area contributed by atoms with Crippen LogP contribution in [0.5, 0.6) is 5.75 Å². The summed E-state index contributed by atoms with van der Waals surface area (Å²) in [6, 6.07) is 12.6. The Morgan fingerprint density at radius 1 is 1.13 bits per heavy atom. The monoisotopic (exact) mass is 312 g/mol. The minimum atomic E-state index is -0.792. The lowest BCUT2D eigenvalue weighted by Crippen LogP contribution is -2.28. The van der Waals surface area contributed by atoms with Crippen LogP contribution < -0.4 is 10.9 Å². The number of rotatable bonds is 2. The Labute approximate surface area is 130 Å². The molecule has 0 aliphatic carbocycles. The zero-order chi connectivity index (χ0) is 16.6. The zero-order valence-electron chi connectivity index (χ0n) is 12.2. The molecule has 3 aromatic rings. The largest absolute Gasteiger partial charge is 0.506 e. The summed E-state index contributed by atoms with van der Waals surface area (Å²) in [5.41, 5.74) is -0.515. The predicted octanol–water partition coefficient (Wildman–Crippen LogP) is 2.64. The van der Waals surface area contributed by atoms with Crippen molar-refractivity contribution in [3.8, 4) is 5.75 Å². The lowest BCUT2D eigenvalue weighted by molar-refractivity contribution is 0.102. The van der Waals surface area contributed by atoms with E-state index in [0.29, 0.717) is 5.69 Å². The van der Waals surface area contributed by atoms with Gasteiger partial charge in [-0.15, -0.1) is 0 Å². The van der Waals surface area contributed by atoms with E-state index in [-0.39, 0.29) is 10.9 Å². The number of aryl methyl sites for hydroxylation is 1. The van der Waals surface area contributed by atoms with Crippen LogP contribution in [-0.4, -0.2) is 15.6 Å². The van der Waals surface area contributed by atoms with E-state index < -0.39 is 28.6 Å². The minimum Gasteiger partial charge on any atom is -0.506 e. The first-order valence-electron chi connectivity index (χ1n) is 6.87. The third kappa shape index (κ3) is 2.44. The van der Waals surface area contributed by atoms with Crippen molar-refractivity contribution >= 4 is 22.5 Å². The predicted molar refractivity (Wildman–Crippen MR) is 85.2 cm³/mol. The van der Waals surface area contributed by atoms with Gasteiger partial charge in [0, 0.05) is 12.7 Å². The number of carbonyl (C=O) groups is 1. The maximum atomic E-state index is 14.0. The van der Waals surface area contributed by atoms with Gasteiger partial charge < -0.3 is 15.0 Å². The number of pyridine rings is 1. The summed E-state index contributed by atoms with van der Waals surface area (Å²) in [5.74, 6) is -2.15. The Balaban J connectivity index is 2.20. The first kappa shape index (κ1) is 14.8. The number of nitrogens with one attached hydrogen (secondary N) is 1. The fraction of sp³-hybridized carbons (Fsp3) is 0.0588. The smallest absolute Gasteiger partial charge is 0.267 e. The van der Waals surface area contributed by atoms with Crippen molar-refractivity contribution in [2.45, 2.75) is 0 Å². The van der Waals surface area contributed by atoms with Gasteiger partial charge in [-0.1, -0.05) is 24.3 Å². The fourth-order valence-electron chi connectivity index (χ4n) is 2.45. The van der Waals surface area contributed by atoms with Crippen LogP contribution in [0.4, 0.5) is 10.1 Å². The molecule has 3 rings (SSSR count). The second-order valence-corrected chi connectivity index (χ2v) is 5.04. The molecule has 0 aliphatic rings. The zero-order valence-corrected chi connectivity index (χ0v) is 12.2. The van der Waals surface area contributed by atoms with Crippen LogP contribution >= 0.6 is 0 Å². The number of aromatic nitrogens is 1. The number of hydrogen-bond acceptors (Lipinski definition) is 3. The average Bonchev–Trinajstić information content (AvgIpc) is 2.53. The maximum Gasteiger partial charge on any atom is 0.267 e. The number of carbonyl (C=O) groups excluding carboxylic acids is 1. The molecule has 0 spiro atoms. The summed E-state index contributed by atoms with van der Waals surface area (Å²) in [4.78, 5) is 24.7. The molecule has 23 heavy (non-hydrogen) atoms. The molecule has 2 aromatic carbocycles. The number of hydrogen-bond donors (Lipinski definition) is 2. The van der Waals surface area contributed by atoms with Crippen LogP contribution in [0.1, 0.15) is 10.4 Å². The van der Waals surface area contributed by atoms with Crippen LogP contribution in [0.25, 0.3) is 10.9 Å². The topological polar surface area (TPSA) is 71.3 Å². The van der Waals surface area contributed by atoms with Crippen molar-refractivity contribution in [2.75, 3.05) is 5.32 Å². The number of nitrogens with zero attached hydrogens (tertiary/aromatic N) is 1. The molecule has 0 unspecified atom stereocenters. The highest BCUT2D eigenvalue weighted by Gasteiger charge is 2.22. The van der Waals surface area contributed by atoms with Crippen molar-refractivity contribution in [2.24, 2.45) is 7.05 Å². The minimum absolute atomic E-state index is 0.159. The van der Waals surface area contributed by atoms with E-state index in [9.17, 15) is 19.1 Å². The van der Waals surface area contributed by atoms with Gasteiger partial charge in [-0.05, 0) is 24.3 Å². The van der Waals surface area contributed by atoms with Gasteiger partial charge >= 0.3 is 0 Å². The van der Waals surface area contributed by atoms with Crippen LogP contribution in [0, 0.1) is 5.82 Å². The molecule has 0 atom stereocenters. The Hall–Kier alpha value is -3.15. The summed E-state index contributed by atoms with van der Waals surface area (Å²) in [7, 11) is 1.42. The Morgan fingerprint density at radius 2 is 1.83 bits per heavy atom. The standard InChI is InChI=1S/C17H13FN2O3/c1-20-12-9-5-8-11(18)13(12)15(21)14(17(20)23)16(22)19-10-6-3-2-4-7-10/h2-9,21H,1H3,(H,19,22). The molecule has 0 fully saturated rings. The molecule has 1 heterocycles. The highest BCUT2D eigenvalue weighted by atomic mass is 19.1. The van der Waals surface area contributed by atoms with E-state index in [0.717, 1.165) is 10.6 Å². The highest BCUT2D eigenvalue weighted by Crippen LogP contribution is 2.28. The third-order valence-corrected chi connectivity index (χ3v) is 3.60. The van der Waals surface area contributed by atoms with E-state index in [1.807, 2.05) is 0 Å². The van der Waals surface area contributed by atoms with Crippen LogP contribution in [-0.2, 0) is 7.05 Å². The Morgan fingerprint density at radius 3 is 2.52 bits per heavy atom. The van der Waals surface area contributed by atoms with Gasteiger partial charge in [0.25, 0.3) is 11.5 Å². The fourth-order valence-corrected chi connectivity index (χ4v) is 2.45. The molecule has 0 saturated carbocycles. The summed E-state index contributed by atoms with van der Waals surface area (Å²) in [6.45, 7) is 0. The van der Waals surface area contributed by atoms with Gasteiger partial charge in [-0.25, -0.2) is 4.39 Å². The summed E-state index contributed by atoms with van der Waals surface area (Å²) < 4.78 is 15.2. The van der Waals surface area contributed by atoms with Gasteiger partial charge in [0.2, 0.25) is 0 Å². The molecule has 5 nitrogen and oxygen atoms in total. The molecule has 116 valence electrons. The van der Waals surface area contributed by atoms with E-state index in [4.69, 9.17) is 0 Å².